The first-order valence-corrected chi connectivity index (χ1v) is 13.4. The van der Waals surface area contributed by atoms with Crippen LogP contribution in [0.25, 0.3) is 10.2 Å². The van der Waals surface area contributed by atoms with Gasteiger partial charge in [0.15, 0.2) is 0 Å². The lowest BCUT2D eigenvalue weighted by Gasteiger charge is -2.24. The zero-order valence-electron chi connectivity index (χ0n) is 19.7. The molecule has 2 heterocycles. The molecule has 0 saturated heterocycles. The Morgan fingerprint density at radius 1 is 0.886 bits per heavy atom. The molecule has 0 spiro atoms. The quantitative estimate of drug-likeness (QED) is 0.321. The summed E-state index contributed by atoms with van der Waals surface area (Å²) in [5.74, 6) is 0.631. The lowest BCUT2D eigenvalue weighted by molar-refractivity contribution is -0.126. The lowest BCUT2D eigenvalue weighted by Crippen LogP contribution is -2.28. The molecular weight excluding hydrogens is 471 g/mol. The Morgan fingerprint density at radius 2 is 1.66 bits per heavy atom. The van der Waals surface area contributed by atoms with Gasteiger partial charge in [0.1, 0.15) is 17.0 Å². The van der Waals surface area contributed by atoms with Gasteiger partial charge in [-0.15, -0.1) is 11.3 Å². The van der Waals surface area contributed by atoms with Crippen molar-refractivity contribution < 1.29 is 13.2 Å². The predicted molar refractivity (Wildman–Crippen MR) is 136 cm³/mol. The van der Waals surface area contributed by atoms with E-state index in [1.165, 1.54) is 49.7 Å². The van der Waals surface area contributed by atoms with Gasteiger partial charge in [0, 0.05) is 35.2 Å². The Morgan fingerprint density at radius 3 is 2.43 bits per heavy atom. The summed E-state index contributed by atoms with van der Waals surface area (Å²) in [7, 11) is 0. The highest BCUT2D eigenvalue weighted by Crippen LogP contribution is 2.33. The van der Waals surface area contributed by atoms with Crippen molar-refractivity contribution >= 4 is 33.1 Å². The summed E-state index contributed by atoms with van der Waals surface area (Å²) in [6.45, 7) is 0.824. The monoisotopic (exact) mass is 503 g/mol. The number of rotatable bonds is 8. The number of fused-ring (bicyclic) bond motifs is 1. The van der Waals surface area contributed by atoms with Crippen LogP contribution in [0.2, 0.25) is 0 Å². The molecule has 1 aromatic carbocycles. The number of hydrogen-bond donors (Lipinski definition) is 3. The van der Waals surface area contributed by atoms with E-state index in [0.717, 1.165) is 37.1 Å². The van der Waals surface area contributed by atoms with Crippen molar-refractivity contribution in [2.45, 2.75) is 88.6 Å². The van der Waals surface area contributed by atoms with Crippen LogP contribution >= 0.6 is 11.3 Å². The minimum Gasteiger partial charge on any atom is -0.382 e. The van der Waals surface area contributed by atoms with Gasteiger partial charge in [-0.1, -0.05) is 31.4 Å². The number of halogens is 3. The summed E-state index contributed by atoms with van der Waals surface area (Å²) in [6, 6.07) is 11.6. The Labute approximate surface area is 207 Å². The van der Waals surface area contributed by atoms with E-state index < -0.39 is 12.6 Å². The van der Waals surface area contributed by atoms with E-state index in [0.29, 0.717) is 28.1 Å². The molecule has 2 aliphatic carbocycles. The fourth-order valence-electron chi connectivity index (χ4n) is 5.26. The predicted octanol–water partition coefficient (Wildman–Crippen LogP) is 6.66. The highest BCUT2D eigenvalue weighted by molar-refractivity contribution is 7.18. The molecule has 2 saturated carbocycles. The molecule has 0 unspecified atom stereocenters. The first kappa shape index (κ1) is 24.3. The Hall–Kier alpha value is -2.39. The zero-order valence-corrected chi connectivity index (χ0v) is 20.5. The Bertz CT molecular complexity index is 1110. The SMILES string of the molecule is FC(F)(F)Cc1cc2c(N[C@@H]3CC[C@H](NCc4ccc(NC5CCCCC5)cc4)C3)ncnc2s1. The highest BCUT2D eigenvalue weighted by Gasteiger charge is 2.29. The number of alkyl halides is 3. The molecule has 9 heteroatoms. The maximum atomic E-state index is 12.8. The van der Waals surface area contributed by atoms with Crippen LogP contribution in [0.1, 0.15) is 61.8 Å². The van der Waals surface area contributed by atoms with Crippen molar-refractivity contribution in [3.63, 3.8) is 0 Å². The standard InChI is InChI=1S/C26H32F3N5S/c27-26(28,29)14-22-13-23-24(31-16-32-25(23)35-22)34-21-11-10-20(12-21)30-15-17-6-8-19(9-7-17)33-18-4-2-1-3-5-18/h6-9,13,16,18,20-21,30,33H,1-5,10-12,14-15H2,(H,31,32,34)/t20-,21+/m0/s1. The second-order valence-corrected chi connectivity index (χ2v) is 11.0. The minimum atomic E-state index is -4.22. The summed E-state index contributed by atoms with van der Waals surface area (Å²) < 4.78 is 38.4. The molecular formula is C26H32F3N5S. The third-order valence-corrected chi connectivity index (χ3v) is 8.10. The summed E-state index contributed by atoms with van der Waals surface area (Å²) in [5.41, 5.74) is 2.47. The smallest absolute Gasteiger partial charge is 0.382 e. The van der Waals surface area contributed by atoms with E-state index >= 15 is 0 Å². The minimum absolute atomic E-state index is 0.235. The van der Waals surface area contributed by atoms with Crippen LogP contribution in [0, 0.1) is 0 Å². The van der Waals surface area contributed by atoms with Crippen molar-refractivity contribution in [2.75, 3.05) is 10.6 Å². The lowest BCUT2D eigenvalue weighted by atomic mass is 9.95. The van der Waals surface area contributed by atoms with E-state index in [2.05, 4.69) is 50.2 Å². The van der Waals surface area contributed by atoms with Crippen molar-refractivity contribution in [1.82, 2.24) is 15.3 Å². The third kappa shape index (κ3) is 6.64. The van der Waals surface area contributed by atoms with E-state index in [1.807, 2.05) is 0 Å². The van der Waals surface area contributed by atoms with Crippen LogP contribution in [-0.4, -0.2) is 34.3 Å². The normalized spacial score (nSPS) is 21.5. The number of nitrogens with zero attached hydrogens (tertiary/aromatic N) is 2. The van der Waals surface area contributed by atoms with Crippen LogP contribution in [-0.2, 0) is 13.0 Å². The summed E-state index contributed by atoms with van der Waals surface area (Å²) in [6.07, 6.45) is 5.81. The molecule has 3 N–H and O–H groups in total. The molecule has 2 atom stereocenters. The van der Waals surface area contributed by atoms with Crippen molar-refractivity contribution in [3.05, 3.63) is 47.1 Å². The molecule has 0 amide bonds. The number of aromatic nitrogens is 2. The van der Waals surface area contributed by atoms with Gasteiger partial charge < -0.3 is 16.0 Å². The van der Waals surface area contributed by atoms with Gasteiger partial charge in [-0.3, -0.25) is 0 Å². The van der Waals surface area contributed by atoms with Crippen LogP contribution in [0.5, 0.6) is 0 Å². The average molecular weight is 504 g/mol. The number of hydrogen-bond acceptors (Lipinski definition) is 6. The molecule has 35 heavy (non-hydrogen) atoms. The van der Waals surface area contributed by atoms with E-state index in [4.69, 9.17) is 0 Å². The van der Waals surface area contributed by atoms with Crippen molar-refractivity contribution in [3.8, 4) is 0 Å². The largest absolute Gasteiger partial charge is 0.393 e. The van der Waals surface area contributed by atoms with Gasteiger partial charge in [0.05, 0.1) is 11.8 Å². The molecule has 0 aliphatic heterocycles. The first-order valence-electron chi connectivity index (χ1n) is 12.6. The van der Waals surface area contributed by atoms with Crippen LogP contribution in [0.15, 0.2) is 36.7 Å². The van der Waals surface area contributed by atoms with E-state index in [9.17, 15) is 13.2 Å². The molecule has 2 aliphatic rings. The van der Waals surface area contributed by atoms with Gasteiger partial charge in [0.25, 0.3) is 0 Å². The van der Waals surface area contributed by atoms with Gasteiger partial charge >= 0.3 is 6.18 Å². The van der Waals surface area contributed by atoms with Gasteiger partial charge in [-0.05, 0) is 55.9 Å². The second kappa shape index (κ2) is 10.7. The Kier molecular flexibility index (Phi) is 7.43. The number of anilines is 2. The van der Waals surface area contributed by atoms with Crippen LogP contribution in [0.3, 0.4) is 0 Å². The fourth-order valence-corrected chi connectivity index (χ4v) is 6.29. The molecule has 0 radical (unpaired) electrons. The maximum Gasteiger partial charge on any atom is 0.393 e. The zero-order chi connectivity index (χ0) is 24.3. The molecule has 188 valence electrons. The average Bonchev–Trinajstić information content (AvgIpc) is 3.45. The molecule has 5 nitrogen and oxygen atoms in total. The van der Waals surface area contributed by atoms with Gasteiger partial charge in [-0.2, -0.15) is 13.2 Å². The Balaban J connectivity index is 1.11. The summed E-state index contributed by atoms with van der Waals surface area (Å²) in [5, 5.41) is 11.5. The molecule has 3 aromatic rings. The molecule has 0 bridgehead atoms. The van der Waals surface area contributed by atoms with Gasteiger partial charge in [0.2, 0.25) is 0 Å². The molecule has 2 fully saturated rings. The number of thiophene rings is 1. The third-order valence-electron chi connectivity index (χ3n) is 7.05. The fraction of sp³-hybridized carbons (Fsp3) is 0.538. The molecule has 2 aromatic heterocycles. The topological polar surface area (TPSA) is 61.9 Å². The highest BCUT2D eigenvalue weighted by atomic mass is 32.1. The van der Waals surface area contributed by atoms with Gasteiger partial charge in [-0.25, -0.2) is 9.97 Å². The number of nitrogens with one attached hydrogen (secondary N) is 3. The summed E-state index contributed by atoms with van der Waals surface area (Å²) >= 11 is 1.09. The molecule has 5 rings (SSSR count). The number of benzene rings is 1. The maximum absolute atomic E-state index is 12.8. The second-order valence-electron chi connectivity index (χ2n) is 9.85. The van der Waals surface area contributed by atoms with Crippen molar-refractivity contribution in [1.29, 1.82) is 0 Å². The first-order chi connectivity index (χ1) is 16.9. The van der Waals surface area contributed by atoms with E-state index in [1.54, 1.807) is 6.07 Å². The van der Waals surface area contributed by atoms with E-state index in [-0.39, 0.29) is 10.9 Å². The van der Waals surface area contributed by atoms with Crippen LogP contribution in [0.4, 0.5) is 24.7 Å². The van der Waals surface area contributed by atoms with Crippen molar-refractivity contribution in [2.24, 2.45) is 0 Å². The van der Waals surface area contributed by atoms with Crippen LogP contribution < -0.4 is 16.0 Å². The summed E-state index contributed by atoms with van der Waals surface area (Å²) in [4.78, 5) is 9.35.